The minimum atomic E-state index is -0.812. The average Bonchev–Trinajstić information content (AvgIpc) is 3.38. The van der Waals surface area contributed by atoms with Gasteiger partial charge < -0.3 is 14.3 Å². The number of Topliss-reactive ketones (excluding diaryl/α,β-unsaturated/α-hetero) is 1. The predicted molar refractivity (Wildman–Crippen MR) is 125 cm³/mol. The van der Waals surface area contributed by atoms with Crippen molar-refractivity contribution in [3.05, 3.63) is 107 Å². The molecule has 1 aliphatic heterocycles. The maximum absolute atomic E-state index is 13.6. The van der Waals surface area contributed by atoms with E-state index in [2.05, 4.69) is 0 Å². The van der Waals surface area contributed by atoms with Crippen molar-refractivity contribution in [2.45, 2.75) is 13.0 Å². The highest BCUT2D eigenvalue weighted by Crippen LogP contribution is 2.43. The number of para-hydroxylation sites is 1. The second kappa shape index (κ2) is 7.98. The molecule has 1 amide bonds. The molecule has 5 rings (SSSR count). The van der Waals surface area contributed by atoms with Gasteiger partial charge in [-0.05, 0) is 54.4 Å². The van der Waals surface area contributed by atoms with Gasteiger partial charge in [-0.3, -0.25) is 14.5 Å². The smallest absolute Gasteiger partial charge is 0.294 e. The van der Waals surface area contributed by atoms with Crippen LogP contribution in [-0.2, 0) is 4.79 Å². The Morgan fingerprint density at radius 1 is 1.00 bits per heavy atom. The minimum Gasteiger partial charge on any atom is -0.503 e. The van der Waals surface area contributed by atoms with Gasteiger partial charge in [0.15, 0.2) is 11.5 Å². The number of hydrogen-bond donors (Lipinski definition) is 1. The first-order valence-electron chi connectivity index (χ1n) is 10.5. The van der Waals surface area contributed by atoms with E-state index < -0.39 is 23.5 Å². The Morgan fingerprint density at radius 2 is 1.70 bits per heavy atom. The molecule has 0 bridgehead atoms. The Hall–Kier alpha value is -4.32. The minimum absolute atomic E-state index is 0.0100. The van der Waals surface area contributed by atoms with E-state index in [-0.39, 0.29) is 11.3 Å². The van der Waals surface area contributed by atoms with Crippen LogP contribution in [0.2, 0.25) is 0 Å². The van der Waals surface area contributed by atoms with Crippen molar-refractivity contribution in [2.75, 3.05) is 12.0 Å². The van der Waals surface area contributed by atoms with Gasteiger partial charge in [-0.25, -0.2) is 0 Å². The summed E-state index contributed by atoms with van der Waals surface area (Å²) in [5, 5.41) is 11.7. The lowest BCUT2D eigenvalue weighted by atomic mass is 9.92. The van der Waals surface area contributed by atoms with Crippen LogP contribution in [0.4, 0.5) is 5.69 Å². The Bertz CT molecular complexity index is 1380. The molecule has 0 spiro atoms. The van der Waals surface area contributed by atoms with Crippen LogP contribution in [0.1, 0.15) is 27.7 Å². The van der Waals surface area contributed by atoms with Crippen LogP contribution in [0.5, 0.6) is 5.75 Å². The Morgan fingerprint density at radius 3 is 2.39 bits per heavy atom. The molecule has 1 aliphatic rings. The van der Waals surface area contributed by atoms with Crippen LogP contribution < -0.4 is 9.64 Å². The molecule has 0 radical (unpaired) electrons. The number of aliphatic hydroxyl groups is 1. The summed E-state index contributed by atoms with van der Waals surface area (Å²) in [4.78, 5) is 28.3. The van der Waals surface area contributed by atoms with Gasteiger partial charge in [0.2, 0.25) is 5.78 Å². The van der Waals surface area contributed by atoms with Gasteiger partial charge >= 0.3 is 0 Å². The van der Waals surface area contributed by atoms with Crippen molar-refractivity contribution in [3.63, 3.8) is 0 Å². The number of rotatable bonds is 5. The van der Waals surface area contributed by atoms with E-state index >= 15 is 0 Å². The van der Waals surface area contributed by atoms with Crippen LogP contribution in [0.3, 0.4) is 0 Å². The van der Waals surface area contributed by atoms with E-state index in [0.717, 1.165) is 16.5 Å². The van der Waals surface area contributed by atoms with E-state index in [9.17, 15) is 14.7 Å². The highest BCUT2D eigenvalue weighted by atomic mass is 16.5. The second-order valence-electron chi connectivity index (χ2n) is 7.87. The van der Waals surface area contributed by atoms with Crippen LogP contribution in [0.25, 0.3) is 11.0 Å². The number of anilines is 1. The highest BCUT2D eigenvalue weighted by Gasteiger charge is 2.45. The molecule has 6 heteroatoms. The molecular formula is C27H21NO5. The summed E-state index contributed by atoms with van der Waals surface area (Å²) < 4.78 is 11.0. The zero-order chi connectivity index (χ0) is 23.1. The molecule has 4 aromatic rings. The number of benzene rings is 3. The normalized spacial score (nSPS) is 16.0. The quantitative estimate of drug-likeness (QED) is 0.414. The SMILES string of the molecule is COc1ccc(N2C(=O)C(O)=C(C(=O)c3cc4ccccc4o3)C2c2ccccc2C)cc1. The van der Waals surface area contributed by atoms with E-state index in [1.165, 1.54) is 4.90 Å². The maximum atomic E-state index is 13.6. The monoisotopic (exact) mass is 439 g/mol. The largest absolute Gasteiger partial charge is 0.503 e. The number of aryl methyl sites for hydroxylation is 1. The number of ether oxygens (including phenoxy) is 1. The van der Waals surface area contributed by atoms with Crippen LogP contribution >= 0.6 is 0 Å². The molecule has 1 atom stereocenters. The summed E-state index contributed by atoms with van der Waals surface area (Å²) in [6.07, 6.45) is 0. The molecule has 0 fully saturated rings. The number of ketones is 1. The molecule has 0 saturated carbocycles. The number of carbonyl (C=O) groups excluding carboxylic acids is 2. The number of fused-ring (bicyclic) bond motifs is 1. The van der Waals surface area contributed by atoms with Gasteiger partial charge in [0, 0.05) is 11.1 Å². The van der Waals surface area contributed by atoms with Crippen molar-refractivity contribution in [2.24, 2.45) is 0 Å². The zero-order valence-electron chi connectivity index (χ0n) is 18.1. The molecule has 164 valence electrons. The van der Waals surface area contributed by atoms with Crippen molar-refractivity contribution in [3.8, 4) is 5.75 Å². The predicted octanol–water partition coefficient (Wildman–Crippen LogP) is 5.53. The van der Waals surface area contributed by atoms with Crippen LogP contribution in [-0.4, -0.2) is 23.9 Å². The average molecular weight is 439 g/mol. The Kier molecular flexibility index (Phi) is 4.98. The van der Waals surface area contributed by atoms with E-state index in [0.29, 0.717) is 17.0 Å². The third-order valence-electron chi connectivity index (χ3n) is 5.94. The third kappa shape index (κ3) is 3.36. The van der Waals surface area contributed by atoms with Gasteiger partial charge in [-0.2, -0.15) is 0 Å². The third-order valence-corrected chi connectivity index (χ3v) is 5.94. The molecule has 1 unspecified atom stereocenters. The first-order valence-corrected chi connectivity index (χ1v) is 10.5. The molecule has 0 aliphatic carbocycles. The summed E-state index contributed by atoms with van der Waals surface area (Å²) in [5.74, 6) is -1.05. The number of methoxy groups -OCH3 is 1. The summed E-state index contributed by atoms with van der Waals surface area (Å²) in [5.41, 5.74) is 2.71. The van der Waals surface area contributed by atoms with Crippen molar-refractivity contribution in [1.82, 2.24) is 0 Å². The zero-order valence-corrected chi connectivity index (χ0v) is 18.1. The first kappa shape index (κ1) is 20.6. The van der Waals surface area contributed by atoms with E-state index in [1.807, 2.05) is 49.4 Å². The number of carbonyl (C=O) groups is 2. The number of hydrogen-bond acceptors (Lipinski definition) is 5. The van der Waals surface area contributed by atoms with Gasteiger partial charge in [-0.15, -0.1) is 0 Å². The lowest BCUT2D eigenvalue weighted by Crippen LogP contribution is -2.31. The van der Waals surface area contributed by atoms with Gasteiger partial charge in [0.05, 0.1) is 18.7 Å². The summed E-state index contributed by atoms with van der Waals surface area (Å²) >= 11 is 0. The summed E-state index contributed by atoms with van der Waals surface area (Å²) in [6.45, 7) is 1.91. The summed E-state index contributed by atoms with van der Waals surface area (Å²) in [6, 6.07) is 22.5. The van der Waals surface area contributed by atoms with Gasteiger partial charge in [-0.1, -0.05) is 42.5 Å². The first-order chi connectivity index (χ1) is 16.0. The molecule has 2 heterocycles. The molecule has 6 nitrogen and oxygen atoms in total. The number of aliphatic hydroxyl groups excluding tert-OH is 1. The fourth-order valence-electron chi connectivity index (χ4n) is 4.26. The number of nitrogens with zero attached hydrogens (tertiary/aromatic N) is 1. The van der Waals surface area contributed by atoms with Crippen LogP contribution in [0.15, 0.2) is 94.6 Å². The van der Waals surface area contributed by atoms with Crippen molar-refractivity contribution >= 4 is 28.3 Å². The van der Waals surface area contributed by atoms with Gasteiger partial charge in [0.25, 0.3) is 5.91 Å². The van der Waals surface area contributed by atoms with Gasteiger partial charge in [0.1, 0.15) is 11.3 Å². The van der Waals surface area contributed by atoms with E-state index in [1.54, 1.807) is 43.5 Å². The molecule has 3 aromatic carbocycles. The number of amides is 1. The fourth-order valence-corrected chi connectivity index (χ4v) is 4.26. The Labute approximate surface area is 190 Å². The lowest BCUT2D eigenvalue weighted by molar-refractivity contribution is -0.117. The van der Waals surface area contributed by atoms with E-state index in [4.69, 9.17) is 9.15 Å². The maximum Gasteiger partial charge on any atom is 0.294 e. The van der Waals surface area contributed by atoms with Crippen molar-refractivity contribution in [1.29, 1.82) is 0 Å². The molecular weight excluding hydrogens is 418 g/mol. The molecule has 33 heavy (non-hydrogen) atoms. The molecule has 1 N–H and O–H groups in total. The number of furan rings is 1. The van der Waals surface area contributed by atoms with Crippen molar-refractivity contribution < 1.29 is 23.8 Å². The lowest BCUT2D eigenvalue weighted by Gasteiger charge is -2.28. The Balaban J connectivity index is 1.66. The molecule has 0 saturated heterocycles. The van der Waals surface area contributed by atoms with Crippen LogP contribution in [0, 0.1) is 6.92 Å². The fraction of sp³-hybridized carbons (Fsp3) is 0.111. The molecule has 1 aromatic heterocycles. The standard InChI is InChI=1S/C27H21NO5/c1-16-7-3-5-9-20(16)24-23(25(29)22-15-17-8-4-6-10-21(17)33-22)26(30)27(31)28(24)18-11-13-19(32-2)14-12-18/h3-15,24,30H,1-2H3. The second-order valence-corrected chi connectivity index (χ2v) is 7.87. The topological polar surface area (TPSA) is 80.0 Å². The summed E-state index contributed by atoms with van der Waals surface area (Å²) in [7, 11) is 1.56. The highest BCUT2D eigenvalue weighted by molar-refractivity contribution is 6.20.